The molecule has 0 unspecified atom stereocenters. The fourth-order valence-corrected chi connectivity index (χ4v) is 4.16. The molecule has 2 N–H and O–H groups in total. The number of nitrogens with one attached hydrogen (secondary N) is 2. The molecule has 0 spiro atoms. The molecular formula is C21H21N3O3S. The van der Waals surface area contributed by atoms with Crippen molar-refractivity contribution in [3.05, 3.63) is 83.2 Å². The first-order valence-corrected chi connectivity index (χ1v) is 10.2. The van der Waals surface area contributed by atoms with Gasteiger partial charge in [-0.3, -0.25) is 14.5 Å². The van der Waals surface area contributed by atoms with E-state index in [9.17, 15) is 13.2 Å². The zero-order chi connectivity index (χ0) is 20.3. The molecule has 2 aromatic carbocycles. The Labute approximate surface area is 164 Å². The Morgan fingerprint density at radius 1 is 0.929 bits per heavy atom. The summed E-state index contributed by atoms with van der Waals surface area (Å²) < 4.78 is 28.4. The molecule has 1 heterocycles. The number of aryl methyl sites for hydroxylation is 3. The lowest BCUT2D eigenvalue weighted by atomic mass is 10.1. The summed E-state index contributed by atoms with van der Waals surface area (Å²) >= 11 is 0. The van der Waals surface area contributed by atoms with Crippen LogP contribution < -0.4 is 10.0 Å². The number of hydrogen-bond donors (Lipinski definition) is 2. The maximum Gasteiger partial charge on any atom is 0.262 e. The third-order valence-corrected chi connectivity index (χ3v) is 5.84. The van der Waals surface area contributed by atoms with Gasteiger partial charge in [0.2, 0.25) is 0 Å². The van der Waals surface area contributed by atoms with Gasteiger partial charge in [-0.2, -0.15) is 0 Å². The van der Waals surface area contributed by atoms with Crippen molar-refractivity contribution in [1.82, 2.24) is 4.98 Å². The Morgan fingerprint density at radius 2 is 1.68 bits per heavy atom. The van der Waals surface area contributed by atoms with E-state index in [-0.39, 0.29) is 16.1 Å². The van der Waals surface area contributed by atoms with Crippen LogP contribution in [0.2, 0.25) is 0 Å². The van der Waals surface area contributed by atoms with Crippen molar-refractivity contribution in [1.29, 1.82) is 0 Å². The first-order chi connectivity index (χ1) is 13.3. The molecule has 0 aliphatic rings. The number of para-hydroxylation sites is 1. The van der Waals surface area contributed by atoms with Crippen LogP contribution in [0.25, 0.3) is 0 Å². The number of sulfonamides is 1. The summed E-state index contributed by atoms with van der Waals surface area (Å²) in [6, 6.07) is 13.5. The maximum atomic E-state index is 12.9. The Kier molecular flexibility index (Phi) is 5.46. The minimum Gasteiger partial charge on any atom is -0.320 e. The number of benzene rings is 2. The normalized spacial score (nSPS) is 11.1. The van der Waals surface area contributed by atoms with Crippen LogP contribution in [0.3, 0.4) is 0 Å². The molecule has 144 valence electrons. The van der Waals surface area contributed by atoms with Gasteiger partial charge in [0, 0.05) is 6.20 Å². The van der Waals surface area contributed by atoms with E-state index >= 15 is 0 Å². The standard InChI is InChI=1S/C21H21N3O3S/c1-14-8-9-16(3)20(12-14)28(26,27)24-18-7-5-4-6-17(18)21(25)23-19-13-22-11-10-15(19)2/h4-13,24H,1-3H3,(H,23,25). The van der Waals surface area contributed by atoms with E-state index in [1.54, 1.807) is 61.8 Å². The molecule has 0 fully saturated rings. The van der Waals surface area contributed by atoms with Crippen molar-refractivity contribution >= 4 is 27.3 Å². The van der Waals surface area contributed by atoms with E-state index in [0.717, 1.165) is 11.1 Å². The summed E-state index contributed by atoms with van der Waals surface area (Å²) in [4.78, 5) is 16.9. The fraction of sp³-hybridized carbons (Fsp3) is 0.143. The molecule has 3 rings (SSSR count). The van der Waals surface area contributed by atoms with Gasteiger partial charge >= 0.3 is 0 Å². The highest BCUT2D eigenvalue weighted by Crippen LogP contribution is 2.24. The SMILES string of the molecule is Cc1ccc(C)c(S(=O)(=O)Nc2ccccc2C(=O)Nc2cnccc2C)c1. The molecule has 0 aliphatic carbocycles. The molecule has 7 heteroatoms. The molecule has 6 nitrogen and oxygen atoms in total. The second-order valence-electron chi connectivity index (χ2n) is 6.56. The van der Waals surface area contributed by atoms with Crippen molar-refractivity contribution in [3.63, 3.8) is 0 Å². The van der Waals surface area contributed by atoms with Crippen LogP contribution in [0, 0.1) is 20.8 Å². The molecule has 1 aromatic heterocycles. The molecule has 0 atom stereocenters. The average Bonchev–Trinajstić information content (AvgIpc) is 2.65. The molecule has 1 amide bonds. The van der Waals surface area contributed by atoms with Crippen molar-refractivity contribution < 1.29 is 13.2 Å². The van der Waals surface area contributed by atoms with E-state index in [1.165, 1.54) is 0 Å². The second kappa shape index (κ2) is 7.82. The van der Waals surface area contributed by atoms with Gasteiger partial charge < -0.3 is 5.32 Å². The van der Waals surface area contributed by atoms with Gasteiger partial charge in [0.25, 0.3) is 15.9 Å². The topological polar surface area (TPSA) is 88.2 Å². The zero-order valence-electron chi connectivity index (χ0n) is 15.9. The highest BCUT2D eigenvalue weighted by molar-refractivity contribution is 7.92. The number of carbonyl (C=O) groups is 1. The summed E-state index contributed by atoms with van der Waals surface area (Å²) in [5.41, 5.74) is 3.33. The van der Waals surface area contributed by atoms with Gasteiger partial charge in [0.15, 0.2) is 0 Å². The van der Waals surface area contributed by atoms with Crippen LogP contribution in [0.15, 0.2) is 65.8 Å². The number of aromatic nitrogens is 1. The highest BCUT2D eigenvalue weighted by atomic mass is 32.2. The lowest BCUT2D eigenvalue weighted by Crippen LogP contribution is -2.19. The van der Waals surface area contributed by atoms with Gasteiger partial charge in [-0.15, -0.1) is 0 Å². The number of hydrogen-bond acceptors (Lipinski definition) is 4. The number of pyridine rings is 1. The Balaban J connectivity index is 1.93. The predicted octanol–water partition coefficient (Wildman–Crippen LogP) is 4.06. The van der Waals surface area contributed by atoms with Crippen molar-refractivity contribution in [2.75, 3.05) is 10.0 Å². The average molecular weight is 395 g/mol. The predicted molar refractivity (Wildman–Crippen MR) is 110 cm³/mol. The summed E-state index contributed by atoms with van der Waals surface area (Å²) in [5.74, 6) is -0.421. The summed E-state index contributed by atoms with van der Waals surface area (Å²) in [6.45, 7) is 5.42. The molecule has 0 aliphatic heterocycles. The van der Waals surface area contributed by atoms with Crippen molar-refractivity contribution in [2.45, 2.75) is 25.7 Å². The molecular weight excluding hydrogens is 374 g/mol. The molecule has 3 aromatic rings. The number of carbonyl (C=O) groups excluding carboxylic acids is 1. The Hall–Kier alpha value is -3.19. The maximum absolute atomic E-state index is 12.9. The molecule has 0 saturated heterocycles. The van der Waals surface area contributed by atoms with E-state index in [2.05, 4.69) is 15.0 Å². The van der Waals surface area contributed by atoms with E-state index in [0.29, 0.717) is 11.3 Å². The van der Waals surface area contributed by atoms with Crippen molar-refractivity contribution in [2.24, 2.45) is 0 Å². The highest BCUT2D eigenvalue weighted by Gasteiger charge is 2.20. The Bertz CT molecular complexity index is 1140. The first kappa shape index (κ1) is 19.6. The van der Waals surface area contributed by atoms with Crippen LogP contribution in [0.4, 0.5) is 11.4 Å². The van der Waals surface area contributed by atoms with Crippen LogP contribution >= 0.6 is 0 Å². The Morgan fingerprint density at radius 3 is 2.43 bits per heavy atom. The van der Waals surface area contributed by atoms with Gasteiger partial charge in [0.1, 0.15) is 0 Å². The molecule has 0 bridgehead atoms. The van der Waals surface area contributed by atoms with E-state index in [4.69, 9.17) is 0 Å². The van der Waals surface area contributed by atoms with Gasteiger partial charge in [0.05, 0.1) is 28.0 Å². The number of anilines is 2. The van der Waals surface area contributed by atoms with Crippen LogP contribution in [-0.2, 0) is 10.0 Å². The minimum atomic E-state index is -3.85. The molecule has 0 radical (unpaired) electrons. The van der Waals surface area contributed by atoms with E-state index < -0.39 is 15.9 Å². The lowest BCUT2D eigenvalue weighted by Gasteiger charge is -2.15. The number of nitrogens with zero attached hydrogens (tertiary/aromatic N) is 1. The summed E-state index contributed by atoms with van der Waals surface area (Å²) in [6.07, 6.45) is 3.19. The van der Waals surface area contributed by atoms with Crippen LogP contribution in [0.1, 0.15) is 27.0 Å². The van der Waals surface area contributed by atoms with Gasteiger partial charge in [-0.25, -0.2) is 8.42 Å². The number of rotatable bonds is 5. The quantitative estimate of drug-likeness (QED) is 0.682. The van der Waals surface area contributed by atoms with E-state index in [1.807, 2.05) is 19.9 Å². The molecule has 28 heavy (non-hydrogen) atoms. The van der Waals surface area contributed by atoms with Crippen LogP contribution in [-0.4, -0.2) is 19.3 Å². The monoisotopic (exact) mass is 395 g/mol. The first-order valence-electron chi connectivity index (χ1n) is 8.69. The third-order valence-electron chi connectivity index (χ3n) is 4.34. The van der Waals surface area contributed by atoms with Crippen LogP contribution in [0.5, 0.6) is 0 Å². The zero-order valence-corrected chi connectivity index (χ0v) is 16.7. The summed E-state index contributed by atoms with van der Waals surface area (Å²) in [7, 11) is -3.85. The second-order valence-corrected chi connectivity index (χ2v) is 8.22. The van der Waals surface area contributed by atoms with Gasteiger partial charge in [-0.1, -0.05) is 24.3 Å². The lowest BCUT2D eigenvalue weighted by molar-refractivity contribution is 0.102. The largest absolute Gasteiger partial charge is 0.320 e. The summed E-state index contributed by atoms with van der Waals surface area (Å²) in [5, 5.41) is 2.78. The van der Waals surface area contributed by atoms with Gasteiger partial charge in [-0.05, 0) is 61.7 Å². The molecule has 0 saturated carbocycles. The smallest absolute Gasteiger partial charge is 0.262 e. The minimum absolute atomic E-state index is 0.186. The fourth-order valence-electron chi connectivity index (χ4n) is 2.75. The number of amides is 1. The van der Waals surface area contributed by atoms with Crippen molar-refractivity contribution in [3.8, 4) is 0 Å². The third kappa shape index (κ3) is 4.20.